The fourth-order valence-corrected chi connectivity index (χ4v) is 5.96. The molecule has 0 atom stereocenters. The van der Waals surface area contributed by atoms with Crippen molar-refractivity contribution in [3.05, 3.63) is 82.8 Å². The second-order valence-corrected chi connectivity index (χ2v) is 11.1. The van der Waals surface area contributed by atoms with E-state index in [-0.39, 0.29) is 5.56 Å². The van der Waals surface area contributed by atoms with E-state index in [0.29, 0.717) is 47.5 Å². The number of nitrogens with one attached hydrogen (secondary N) is 1. The molecule has 5 rings (SSSR count). The first kappa shape index (κ1) is 29.3. The quantitative estimate of drug-likeness (QED) is 0.204. The maximum absolute atomic E-state index is 13.3. The van der Waals surface area contributed by atoms with Gasteiger partial charge in [-0.1, -0.05) is 68.1 Å². The molecule has 1 aliphatic carbocycles. The van der Waals surface area contributed by atoms with Crippen LogP contribution in [0.3, 0.4) is 0 Å². The molecule has 0 saturated heterocycles. The number of pyridine rings is 1. The van der Waals surface area contributed by atoms with Crippen LogP contribution in [-0.2, 0) is 19.4 Å². The zero-order chi connectivity index (χ0) is 28.8. The highest BCUT2D eigenvalue weighted by Crippen LogP contribution is 2.32. The number of benzene rings is 2. The number of fused-ring (bicyclic) bond motifs is 1. The van der Waals surface area contributed by atoms with Gasteiger partial charge in [-0.2, -0.15) is 13.2 Å². The van der Waals surface area contributed by atoms with E-state index < -0.39 is 12.6 Å². The van der Waals surface area contributed by atoms with E-state index >= 15 is 0 Å². The van der Waals surface area contributed by atoms with E-state index in [1.807, 2.05) is 36.4 Å². The first-order chi connectivity index (χ1) is 19.8. The third-order valence-electron chi connectivity index (χ3n) is 7.79. The molecule has 4 aromatic rings. The van der Waals surface area contributed by atoms with Crippen LogP contribution in [0, 0.1) is 0 Å². The molecule has 2 heterocycles. The van der Waals surface area contributed by atoms with Gasteiger partial charge < -0.3 is 5.32 Å². The molecule has 9 heteroatoms. The lowest BCUT2D eigenvalue weighted by Gasteiger charge is -2.33. The summed E-state index contributed by atoms with van der Waals surface area (Å²) in [6, 6.07) is 16.8. The minimum absolute atomic E-state index is 0.140. The average Bonchev–Trinajstić information content (AvgIpc) is 2.96. The minimum atomic E-state index is -4.33. The Morgan fingerprint density at radius 1 is 0.976 bits per heavy atom. The Morgan fingerprint density at radius 2 is 1.76 bits per heavy atom. The van der Waals surface area contributed by atoms with Gasteiger partial charge >= 0.3 is 6.18 Å². The lowest BCUT2D eigenvalue weighted by molar-refractivity contribution is -0.127. The van der Waals surface area contributed by atoms with Crippen LogP contribution in [0.2, 0.25) is 5.02 Å². The molecular weight excluding hydrogens is 547 g/mol. The molecule has 216 valence electrons. The summed E-state index contributed by atoms with van der Waals surface area (Å²) >= 11 is 6.37. The Balaban J connectivity index is 1.49. The zero-order valence-electron chi connectivity index (χ0n) is 23.2. The van der Waals surface area contributed by atoms with E-state index in [2.05, 4.69) is 22.1 Å². The van der Waals surface area contributed by atoms with Gasteiger partial charge in [0.1, 0.15) is 11.6 Å². The molecule has 0 spiro atoms. The highest BCUT2D eigenvalue weighted by molar-refractivity contribution is 6.31. The topological polar surface area (TPSA) is 53.9 Å². The van der Waals surface area contributed by atoms with Crippen molar-refractivity contribution in [3.63, 3.8) is 0 Å². The van der Waals surface area contributed by atoms with Gasteiger partial charge in [-0.25, -0.2) is 9.97 Å². The van der Waals surface area contributed by atoms with Crippen LogP contribution in [-0.4, -0.2) is 45.2 Å². The lowest BCUT2D eigenvalue weighted by Crippen LogP contribution is -2.36. The fourth-order valence-electron chi connectivity index (χ4n) is 5.73. The second kappa shape index (κ2) is 13.2. The zero-order valence-corrected chi connectivity index (χ0v) is 24.0. The van der Waals surface area contributed by atoms with Crippen molar-refractivity contribution in [2.75, 3.05) is 18.4 Å². The summed E-state index contributed by atoms with van der Waals surface area (Å²) in [7, 11) is 0. The number of anilines is 1. The van der Waals surface area contributed by atoms with Crippen molar-refractivity contribution in [1.29, 1.82) is 0 Å². The Bertz CT molecular complexity index is 1470. The van der Waals surface area contributed by atoms with Crippen molar-refractivity contribution in [3.8, 4) is 11.3 Å². The van der Waals surface area contributed by atoms with Crippen LogP contribution in [0.1, 0.15) is 56.0 Å². The third-order valence-corrected chi connectivity index (χ3v) is 8.15. The Morgan fingerprint density at radius 3 is 2.51 bits per heavy atom. The molecule has 5 nitrogen and oxygen atoms in total. The number of alkyl halides is 3. The largest absolute Gasteiger partial charge is 0.393 e. The number of nitrogens with zero attached hydrogens (tertiary/aromatic N) is 4. The van der Waals surface area contributed by atoms with Gasteiger partial charge in [0.05, 0.1) is 24.2 Å². The van der Waals surface area contributed by atoms with E-state index in [9.17, 15) is 13.2 Å². The van der Waals surface area contributed by atoms with Gasteiger partial charge in [0.15, 0.2) is 0 Å². The average molecular weight is 582 g/mol. The molecule has 2 aromatic heterocycles. The SMILES string of the molecule is CCN(Cc1nc(NCCc2ccccc2Cl)c2ccc(-c3ncccc3CC(F)(F)F)cc2n1)C1CCCCC1. The van der Waals surface area contributed by atoms with Crippen molar-refractivity contribution < 1.29 is 13.2 Å². The van der Waals surface area contributed by atoms with E-state index in [4.69, 9.17) is 21.6 Å². The number of hydrogen-bond donors (Lipinski definition) is 1. The summed E-state index contributed by atoms with van der Waals surface area (Å²) in [6.45, 7) is 4.30. The van der Waals surface area contributed by atoms with Gasteiger partial charge in [-0.3, -0.25) is 9.88 Å². The fraction of sp³-hybridized carbons (Fsp3) is 0.406. The van der Waals surface area contributed by atoms with E-state index in [1.165, 1.54) is 50.4 Å². The van der Waals surface area contributed by atoms with Crippen LogP contribution >= 0.6 is 11.6 Å². The van der Waals surface area contributed by atoms with Gasteiger partial charge in [0.25, 0.3) is 0 Å². The minimum Gasteiger partial charge on any atom is -0.369 e. The van der Waals surface area contributed by atoms with Crippen molar-refractivity contribution in [2.45, 2.75) is 70.6 Å². The molecule has 2 aromatic carbocycles. The van der Waals surface area contributed by atoms with Crippen LogP contribution < -0.4 is 5.32 Å². The van der Waals surface area contributed by atoms with Crippen molar-refractivity contribution >= 4 is 28.3 Å². The van der Waals surface area contributed by atoms with Crippen LogP contribution in [0.5, 0.6) is 0 Å². The smallest absolute Gasteiger partial charge is 0.369 e. The standard InChI is InChI=1S/C32H35ClF3N5/c1-2-41(25-11-4-3-5-12-25)21-29-39-28-19-23(30-24(10-8-17-37-30)20-32(34,35)36)14-15-26(28)31(40-29)38-18-16-22-9-6-7-13-27(22)33/h6-10,13-15,17,19,25H,2-5,11-12,16,18,20-21H2,1H3,(H,38,39,40). The molecule has 41 heavy (non-hydrogen) atoms. The molecule has 1 N–H and O–H groups in total. The summed E-state index contributed by atoms with van der Waals surface area (Å²) in [6.07, 6.45) is 2.99. The molecular formula is C32H35ClF3N5. The highest BCUT2D eigenvalue weighted by atomic mass is 35.5. The Labute approximate surface area is 244 Å². The lowest BCUT2D eigenvalue weighted by atomic mass is 9.94. The van der Waals surface area contributed by atoms with Gasteiger partial charge in [-0.15, -0.1) is 0 Å². The summed E-state index contributed by atoms with van der Waals surface area (Å²) in [5.74, 6) is 1.40. The molecule has 0 unspecified atom stereocenters. The number of halogens is 4. The summed E-state index contributed by atoms with van der Waals surface area (Å²) < 4.78 is 39.9. The molecule has 0 bridgehead atoms. The molecule has 1 saturated carbocycles. The summed E-state index contributed by atoms with van der Waals surface area (Å²) in [5, 5.41) is 5.02. The van der Waals surface area contributed by atoms with Gasteiger partial charge in [0, 0.05) is 34.8 Å². The Hall–Kier alpha value is -3.23. The predicted molar refractivity (Wildman–Crippen MR) is 159 cm³/mol. The maximum Gasteiger partial charge on any atom is 0.393 e. The van der Waals surface area contributed by atoms with Gasteiger partial charge in [0.2, 0.25) is 0 Å². The molecule has 0 aliphatic heterocycles. The van der Waals surface area contributed by atoms with Crippen molar-refractivity contribution in [2.24, 2.45) is 0 Å². The summed E-state index contributed by atoms with van der Waals surface area (Å²) in [4.78, 5) is 16.6. The summed E-state index contributed by atoms with van der Waals surface area (Å²) in [5.41, 5.74) is 2.78. The monoisotopic (exact) mass is 581 g/mol. The highest BCUT2D eigenvalue weighted by Gasteiger charge is 2.29. The predicted octanol–water partition coefficient (Wildman–Crippen LogP) is 8.26. The first-order valence-corrected chi connectivity index (χ1v) is 14.7. The van der Waals surface area contributed by atoms with Crippen LogP contribution in [0.15, 0.2) is 60.8 Å². The molecule has 0 radical (unpaired) electrons. The van der Waals surface area contributed by atoms with Crippen molar-refractivity contribution in [1.82, 2.24) is 19.9 Å². The number of rotatable bonds is 10. The van der Waals surface area contributed by atoms with E-state index in [0.717, 1.165) is 28.9 Å². The second-order valence-electron chi connectivity index (χ2n) is 10.6. The molecule has 1 aliphatic rings. The number of aromatic nitrogens is 3. The van der Waals surface area contributed by atoms with Gasteiger partial charge in [-0.05, 0) is 61.2 Å². The normalized spacial score (nSPS) is 14.6. The maximum atomic E-state index is 13.3. The molecule has 1 fully saturated rings. The first-order valence-electron chi connectivity index (χ1n) is 14.3. The number of hydrogen-bond acceptors (Lipinski definition) is 5. The molecule has 0 amide bonds. The third kappa shape index (κ3) is 7.54. The van der Waals surface area contributed by atoms with E-state index in [1.54, 1.807) is 6.07 Å². The van der Waals surface area contributed by atoms with Crippen LogP contribution in [0.25, 0.3) is 22.2 Å². The van der Waals surface area contributed by atoms with Crippen LogP contribution in [0.4, 0.5) is 19.0 Å². The Kier molecular flexibility index (Phi) is 9.40.